The molecule has 0 radical (unpaired) electrons. The zero-order chi connectivity index (χ0) is 16.6. The third-order valence-electron chi connectivity index (χ3n) is 4.33. The predicted molar refractivity (Wildman–Crippen MR) is 80.3 cm³/mol. The van der Waals surface area contributed by atoms with Crippen molar-refractivity contribution in [3.8, 4) is 0 Å². The normalized spacial score (nSPS) is 21.0. The molecule has 0 atom stereocenters. The number of amides is 2. The van der Waals surface area contributed by atoms with E-state index in [0.29, 0.717) is 24.6 Å². The highest BCUT2D eigenvalue weighted by Gasteiger charge is 2.38. The average Bonchev–Trinajstić information content (AvgIpc) is 3.05. The fraction of sp³-hybridized carbons (Fsp3) is 0.714. The monoisotopic (exact) mass is 348 g/mol. The number of alkyl halides is 3. The largest absolute Gasteiger partial charge is 0.434 e. The maximum absolute atomic E-state index is 13.0. The van der Waals surface area contributed by atoms with Crippen LogP contribution in [-0.4, -0.2) is 53.0 Å². The van der Waals surface area contributed by atoms with Crippen LogP contribution in [0.1, 0.15) is 28.4 Å². The Balaban J connectivity index is 1.60. The molecule has 1 aromatic rings. The standard InChI is InChI=1S/C14H19F3N4OS/c1-9-19-12(14(15,16)17)11(23-9)8-20-5-2-10(3-6-20)21-7-4-18-13(21)22/h10H,2-8H2,1H3,(H,18,22). The number of urea groups is 1. The summed E-state index contributed by atoms with van der Waals surface area (Å²) in [6.07, 6.45) is -2.80. The molecular formula is C14H19F3N4OS. The highest BCUT2D eigenvalue weighted by atomic mass is 32.1. The Labute approximate surface area is 136 Å². The van der Waals surface area contributed by atoms with E-state index in [9.17, 15) is 18.0 Å². The van der Waals surface area contributed by atoms with E-state index in [1.54, 1.807) is 6.92 Å². The van der Waals surface area contributed by atoms with Crippen LogP contribution in [0.2, 0.25) is 0 Å². The van der Waals surface area contributed by atoms with Crippen LogP contribution < -0.4 is 5.32 Å². The van der Waals surface area contributed by atoms with E-state index in [-0.39, 0.29) is 23.5 Å². The fourth-order valence-electron chi connectivity index (χ4n) is 3.22. The number of aryl methyl sites for hydroxylation is 1. The quantitative estimate of drug-likeness (QED) is 0.913. The van der Waals surface area contributed by atoms with E-state index >= 15 is 0 Å². The molecule has 0 unspecified atom stereocenters. The summed E-state index contributed by atoms with van der Waals surface area (Å²) in [6.45, 7) is 4.66. The maximum Gasteiger partial charge on any atom is 0.434 e. The van der Waals surface area contributed by atoms with Gasteiger partial charge in [0.05, 0.1) is 9.88 Å². The van der Waals surface area contributed by atoms with Gasteiger partial charge in [0.1, 0.15) is 0 Å². The molecule has 3 heterocycles. The number of nitrogens with zero attached hydrogens (tertiary/aromatic N) is 3. The van der Waals surface area contributed by atoms with E-state index in [0.717, 1.165) is 30.7 Å². The first-order valence-corrected chi connectivity index (χ1v) is 8.46. The topological polar surface area (TPSA) is 48.5 Å². The summed E-state index contributed by atoms with van der Waals surface area (Å²) >= 11 is 1.11. The second-order valence-corrected chi connectivity index (χ2v) is 7.22. The number of halogens is 3. The second kappa shape index (κ2) is 6.27. The molecule has 2 saturated heterocycles. The molecule has 2 amide bonds. The minimum atomic E-state index is -4.40. The summed E-state index contributed by atoms with van der Waals surface area (Å²) in [4.78, 5) is 19.5. The molecule has 1 aromatic heterocycles. The lowest BCUT2D eigenvalue weighted by Crippen LogP contribution is -2.45. The number of carbonyl (C=O) groups is 1. The number of thiazole rings is 1. The van der Waals surface area contributed by atoms with Crippen LogP contribution in [0, 0.1) is 6.92 Å². The Morgan fingerprint density at radius 3 is 2.57 bits per heavy atom. The lowest BCUT2D eigenvalue weighted by atomic mass is 10.0. The first-order valence-electron chi connectivity index (χ1n) is 7.65. The van der Waals surface area contributed by atoms with Gasteiger partial charge in [-0.15, -0.1) is 11.3 Å². The molecule has 0 aliphatic carbocycles. The van der Waals surface area contributed by atoms with Gasteiger partial charge in [0, 0.05) is 38.8 Å². The lowest BCUT2D eigenvalue weighted by Gasteiger charge is -2.36. The van der Waals surface area contributed by atoms with Crippen LogP contribution in [0.5, 0.6) is 0 Å². The van der Waals surface area contributed by atoms with E-state index in [4.69, 9.17) is 0 Å². The molecule has 2 fully saturated rings. The molecular weight excluding hydrogens is 329 g/mol. The molecule has 128 valence electrons. The number of hydrogen-bond acceptors (Lipinski definition) is 4. The molecule has 3 rings (SSSR count). The molecule has 0 aromatic carbocycles. The van der Waals surface area contributed by atoms with Crippen LogP contribution >= 0.6 is 11.3 Å². The van der Waals surface area contributed by atoms with Gasteiger partial charge in [0.2, 0.25) is 0 Å². The van der Waals surface area contributed by atoms with Crippen molar-refractivity contribution >= 4 is 17.4 Å². The molecule has 0 saturated carbocycles. The van der Waals surface area contributed by atoms with Gasteiger partial charge in [-0.2, -0.15) is 13.2 Å². The molecule has 2 aliphatic heterocycles. The molecule has 5 nitrogen and oxygen atoms in total. The van der Waals surface area contributed by atoms with Crippen LogP contribution in [0.15, 0.2) is 0 Å². The van der Waals surface area contributed by atoms with Crippen LogP contribution in [0.4, 0.5) is 18.0 Å². The first-order chi connectivity index (χ1) is 10.8. The van der Waals surface area contributed by atoms with Gasteiger partial charge >= 0.3 is 12.2 Å². The fourth-order valence-corrected chi connectivity index (χ4v) is 4.22. The number of likely N-dealkylation sites (tertiary alicyclic amines) is 1. The third kappa shape index (κ3) is 3.60. The summed E-state index contributed by atoms with van der Waals surface area (Å²) in [5.74, 6) is 0. The van der Waals surface area contributed by atoms with E-state index in [2.05, 4.69) is 10.3 Å². The van der Waals surface area contributed by atoms with Crippen molar-refractivity contribution in [1.82, 2.24) is 20.1 Å². The second-order valence-electron chi connectivity index (χ2n) is 5.94. The number of aromatic nitrogens is 1. The van der Waals surface area contributed by atoms with Crippen molar-refractivity contribution in [3.05, 3.63) is 15.6 Å². The van der Waals surface area contributed by atoms with Crippen molar-refractivity contribution in [2.75, 3.05) is 26.2 Å². The Bertz CT molecular complexity index is 581. The van der Waals surface area contributed by atoms with Crippen molar-refractivity contribution in [3.63, 3.8) is 0 Å². The van der Waals surface area contributed by atoms with Crippen LogP contribution in [-0.2, 0) is 12.7 Å². The van der Waals surface area contributed by atoms with E-state index in [1.165, 1.54) is 0 Å². The smallest absolute Gasteiger partial charge is 0.336 e. The van der Waals surface area contributed by atoms with Crippen LogP contribution in [0.25, 0.3) is 0 Å². The average molecular weight is 348 g/mol. The Morgan fingerprint density at radius 1 is 1.30 bits per heavy atom. The van der Waals surface area contributed by atoms with Gasteiger partial charge in [-0.1, -0.05) is 0 Å². The number of carbonyl (C=O) groups excluding carboxylic acids is 1. The van der Waals surface area contributed by atoms with Gasteiger partial charge in [0.15, 0.2) is 5.69 Å². The molecule has 9 heteroatoms. The van der Waals surface area contributed by atoms with Gasteiger partial charge in [-0.3, -0.25) is 4.90 Å². The van der Waals surface area contributed by atoms with Gasteiger partial charge in [-0.25, -0.2) is 9.78 Å². The van der Waals surface area contributed by atoms with Crippen LogP contribution in [0.3, 0.4) is 0 Å². The van der Waals surface area contributed by atoms with E-state index < -0.39 is 11.9 Å². The summed E-state index contributed by atoms with van der Waals surface area (Å²) < 4.78 is 39.0. The van der Waals surface area contributed by atoms with Gasteiger partial charge in [0.25, 0.3) is 0 Å². The van der Waals surface area contributed by atoms with Crippen molar-refractivity contribution in [2.24, 2.45) is 0 Å². The zero-order valence-corrected chi connectivity index (χ0v) is 13.6. The molecule has 0 spiro atoms. The summed E-state index contributed by atoms with van der Waals surface area (Å²) in [6, 6.07) is 0.167. The Hall–Kier alpha value is -1.35. The molecule has 2 aliphatic rings. The molecule has 1 N–H and O–H groups in total. The summed E-state index contributed by atoms with van der Waals surface area (Å²) in [7, 11) is 0. The number of piperidine rings is 1. The highest BCUT2D eigenvalue weighted by molar-refractivity contribution is 7.11. The minimum Gasteiger partial charge on any atom is -0.336 e. The Kier molecular flexibility index (Phi) is 4.50. The minimum absolute atomic E-state index is 0.0270. The third-order valence-corrected chi connectivity index (χ3v) is 5.28. The first kappa shape index (κ1) is 16.5. The zero-order valence-electron chi connectivity index (χ0n) is 12.8. The summed E-state index contributed by atoms with van der Waals surface area (Å²) in [5.41, 5.74) is -0.749. The Morgan fingerprint density at radius 2 is 2.00 bits per heavy atom. The number of hydrogen-bond donors (Lipinski definition) is 1. The number of rotatable bonds is 3. The number of nitrogens with one attached hydrogen (secondary N) is 1. The SMILES string of the molecule is Cc1nc(C(F)(F)F)c(CN2CCC(N3CCNC3=O)CC2)s1. The molecule has 23 heavy (non-hydrogen) atoms. The van der Waals surface area contributed by atoms with Crippen molar-refractivity contribution < 1.29 is 18.0 Å². The highest BCUT2D eigenvalue weighted by Crippen LogP contribution is 2.35. The van der Waals surface area contributed by atoms with Gasteiger partial charge < -0.3 is 10.2 Å². The predicted octanol–water partition coefficient (Wildman–Crippen LogP) is 2.46. The van der Waals surface area contributed by atoms with E-state index in [1.807, 2.05) is 9.80 Å². The summed E-state index contributed by atoms with van der Waals surface area (Å²) in [5, 5.41) is 3.23. The van der Waals surface area contributed by atoms with Crippen molar-refractivity contribution in [2.45, 2.75) is 38.5 Å². The molecule has 0 bridgehead atoms. The lowest BCUT2D eigenvalue weighted by molar-refractivity contribution is -0.141. The van der Waals surface area contributed by atoms with Gasteiger partial charge in [-0.05, 0) is 19.8 Å². The maximum atomic E-state index is 13.0. The van der Waals surface area contributed by atoms with Crippen molar-refractivity contribution in [1.29, 1.82) is 0 Å².